The summed E-state index contributed by atoms with van der Waals surface area (Å²) >= 11 is 6.16. The lowest BCUT2D eigenvalue weighted by Gasteiger charge is -2.13. The van der Waals surface area contributed by atoms with Crippen LogP contribution in [0.3, 0.4) is 0 Å². The second-order valence-corrected chi connectivity index (χ2v) is 7.60. The van der Waals surface area contributed by atoms with Crippen LogP contribution in [0.15, 0.2) is 58.2 Å². The summed E-state index contributed by atoms with van der Waals surface area (Å²) in [4.78, 5) is 29.0. The molecule has 2 N–H and O–H groups in total. The molecule has 7 nitrogen and oxygen atoms in total. The predicted molar refractivity (Wildman–Crippen MR) is 117 cm³/mol. The molecule has 158 valence electrons. The van der Waals surface area contributed by atoms with Crippen LogP contribution in [0.1, 0.15) is 56.3 Å². The van der Waals surface area contributed by atoms with Crippen molar-refractivity contribution in [3.8, 4) is 0 Å². The number of fused-ring (bicyclic) bond motifs is 1. The minimum atomic E-state index is -0.390. The monoisotopic (exact) mass is 436 g/mol. The second-order valence-electron chi connectivity index (χ2n) is 7.20. The molecular formula is C23H21ClN4O3. The van der Waals surface area contributed by atoms with Crippen LogP contribution in [0.25, 0.3) is 0 Å². The molecule has 8 heteroatoms. The summed E-state index contributed by atoms with van der Waals surface area (Å²) in [7, 11) is 0. The minimum absolute atomic E-state index is 0.253. The SMILES string of the molecule is Cc1c(C(=O)NCc2ccccc2Cl)oc2c1/C(=N/NC(=O)c1ccccn1)CCC2. The van der Waals surface area contributed by atoms with E-state index < -0.39 is 0 Å². The first kappa shape index (κ1) is 20.8. The van der Waals surface area contributed by atoms with Crippen molar-refractivity contribution in [3.63, 3.8) is 0 Å². The number of aromatic nitrogens is 1. The van der Waals surface area contributed by atoms with Gasteiger partial charge in [-0.25, -0.2) is 5.43 Å². The van der Waals surface area contributed by atoms with Gasteiger partial charge in [0.25, 0.3) is 11.8 Å². The van der Waals surface area contributed by atoms with Gasteiger partial charge in [0.1, 0.15) is 11.5 Å². The minimum Gasteiger partial charge on any atom is -0.455 e. The van der Waals surface area contributed by atoms with Gasteiger partial charge in [0.05, 0.1) is 5.71 Å². The zero-order valence-electron chi connectivity index (χ0n) is 16.9. The number of carbonyl (C=O) groups is 2. The first-order valence-electron chi connectivity index (χ1n) is 9.96. The molecule has 2 heterocycles. The van der Waals surface area contributed by atoms with Crippen molar-refractivity contribution in [2.24, 2.45) is 5.10 Å². The maximum atomic E-state index is 12.8. The summed E-state index contributed by atoms with van der Waals surface area (Å²) in [6, 6.07) is 12.4. The number of rotatable bonds is 5. The Morgan fingerprint density at radius 3 is 2.71 bits per heavy atom. The van der Waals surface area contributed by atoms with Crippen LogP contribution in [-0.4, -0.2) is 22.5 Å². The van der Waals surface area contributed by atoms with E-state index in [1.165, 1.54) is 0 Å². The van der Waals surface area contributed by atoms with Crippen LogP contribution in [0.4, 0.5) is 0 Å². The van der Waals surface area contributed by atoms with Crippen molar-refractivity contribution in [3.05, 3.63) is 87.6 Å². The van der Waals surface area contributed by atoms with Gasteiger partial charge in [0, 0.05) is 35.3 Å². The van der Waals surface area contributed by atoms with E-state index in [2.05, 4.69) is 20.8 Å². The lowest BCUT2D eigenvalue weighted by atomic mass is 9.93. The number of hydrogen-bond acceptors (Lipinski definition) is 5. The molecule has 2 aromatic heterocycles. The summed E-state index contributed by atoms with van der Waals surface area (Å²) in [5.41, 5.74) is 5.85. The number of hydrazone groups is 1. The number of aryl methyl sites for hydroxylation is 1. The fraction of sp³-hybridized carbons (Fsp3) is 0.217. The van der Waals surface area contributed by atoms with Crippen LogP contribution in [0.2, 0.25) is 5.02 Å². The summed E-state index contributed by atoms with van der Waals surface area (Å²) < 4.78 is 5.89. The molecular weight excluding hydrogens is 416 g/mol. The van der Waals surface area contributed by atoms with Gasteiger partial charge in [0.2, 0.25) is 0 Å². The van der Waals surface area contributed by atoms with Crippen molar-refractivity contribution in [2.45, 2.75) is 32.7 Å². The number of nitrogens with zero attached hydrogens (tertiary/aromatic N) is 2. The molecule has 31 heavy (non-hydrogen) atoms. The normalized spacial score (nSPS) is 14.2. The molecule has 1 aromatic carbocycles. The number of benzene rings is 1. The van der Waals surface area contributed by atoms with Gasteiger partial charge in [-0.15, -0.1) is 0 Å². The standard InChI is InChI=1S/C23H21ClN4O3/c1-14-20-17(27-28-22(29)18-9-4-5-12-25-18)10-6-11-19(20)31-21(14)23(30)26-13-15-7-2-3-8-16(15)24/h2-5,7-9,12H,6,10-11,13H2,1H3,(H,26,30)(H,28,29)/b27-17+. The van der Waals surface area contributed by atoms with Gasteiger partial charge in [-0.3, -0.25) is 14.6 Å². The molecule has 0 bridgehead atoms. The predicted octanol–water partition coefficient (Wildman–Crippen LogP) is 4.04. The third kappa shape index (κ3) is 4.51. The molecule has 0 saturated carbocycles. The fourth-order valence-corrected chi connectivity index (χ4v) is 3.77. The second kappa shape index (κ2) is 9.14. The molecule has 0 unspecified atom stereocenters. The molecule has 0 radical (unpaired) electrons. The van der Waals surface area contributed by atoms with Crippen molar-refractivity contribution in [2.75, 3.05) is 0 Å². The zero-order chi connectivity index (χ0) is 21.8. The highest BCUT2D eigenvalue weighted by atomic mass is 35.5. The molecule has 1 aliphatic carbocycles. The Kier molecular flexibility index (Phi) is 6.13. The summed E-state index contributed by atoms with van der Waals surface area (Å²) in [6.45, 7) is 2.12. The van der Waals surface area contributed by atoms with Gasteiger partial charge >= 0.3 is 0 Å². The highest BCUT2D eigenvalue weighted by Crippen LogP contribution is 2.30. The van der Waals surface area contributed by atoms with Crippen LogP contribution in [0.5, 0.6) is 0 Å². The number of carbonyl (C=O) groups excluding carboxylic acids is 2. The molecule has 4 rings (SSSR count). The van der Waals surface area contributed by atoms with E-state index in [0.717, 1.165) is 17.5 Å². The molecule has 0 atom stereocenters. The fourth-order valence-electron chi connectivity index (χ4n) is 3.57. The van der Waals surface area contributed by atoms with Gasteiger partial charge in [-0.05, 0) is 43.5 Å². The average molecular weight is 437 g/mol. The van der Waals surface area contributed by atoms with E-state index in [-0.39, 0.29) is 23.3 Å². The van der Waals surface area contributed by atoms with Crippen LogP contribution in [0, 0.1) is 6.92 Å². The maximum absolute atomic E-state index is 12.8. The lowest BCUT2D eigenvalue weighted by Crippen LogP contribution is -2.24. The summed E-state index contributed by atoms with van der Waals surface area (Å²) in [5, 5.41) is 7.76. The van der Waals surface area contributed by atoms with Gasteiger partial charge in [0.15, 0.2) is 5.76 Å². The Morgan fingerprint density at radius 2 is 1.94 bits per heavy atom. The molecule has 2 amide bonds. The molecule has 3 aromatic rings. The van der Waals surface area contributed by atoms with E-state index in [1.807, 2.05) is 25.1 Å². The number of pyridine rings is 1. The number of amides is 2. The molecule has 0 saturated heterocycles. The smallest absolute Gasteiger partial charge is 0.289 e. The van der Waals surface area contributed by atoms with Crippen molar-refractivity contribution < 1.29 is 14.0 Å². The zero-order valence-corrected chi connectivity index (χ0v) is 17.7. The van der Waals surface area contributed by atoms with E-state index in [1.54, 1.807) is 30.5 Å². The Balaban J connectivity index is 1.52. The van der Waals surface area contributed by atoms with Gasteiger partial charge in [-0.1, -0.05) is 35.9 Å². The largest absolute Gasteiger partial charge is 0.455 e. The Bertz CT molecular complexity index is 1150. The van der Waals surface area contributed by atoms with Crippen LogP contribution < -0.4 is 10.7 Å². The third-order valence-electron chi connectivity index (χ3n) is 5.12. The van der Waals surface area contributed by atoms with Gasteiger partial charge in [-0.2, -0.15) is 5.10 Å². The van der Waals surface area contributed by atoms with E-state index in [9.17, 15) is 9.59 Å². The lowest BCUT2D eigenvalue weighted by molar-refractivity contribution is 0.0918. The number of nitrogens with one attached hydrogen (secondary N) is 2. The number of hydrogen-bond donors (Lipinski definition) is 2. The number of halogens is 1. The van der Waals surface area contributed by atoms with Gasteiger partial charge < -0.3 is 9.73 Å². The van der Waals surface area contributed by atoms with E-state index >= 15 is 0 Å². The molecule has 1 aliphatic rings. The van der Waals surface area contributed by atoms with Crippen molar-refractivity contribution >= 4 is 29.1 Å². The first-order valence-corrected chi connectivity index (χ1v) is 10.3. The molecule has 0 fully saturated rings. The van der Waals surface area contributed by atoms with Crippen LogP contribution >= 0.6 is 11.6 Å². The Morgan fingerprint density at radius 1 is 1.13 bits per heavy atom. The Hall–Kier alpha value is -3.45. The Labute approximate surface area is 184 Å². The van der Waals surface area contributed by atoms with Crippen molar-refractivity contribution in [1.82, 2.24) is 15.7 Å². The quantitative estimate of drug-likeness (QED) is 0.590. The number of furan rings is 1. The highest BCUT2D eigenvalue weighted by Gasteiger charge is 2.28. The highest BCUT2D eigenvalue weighted by molar-refractivity contribution is 6.31. The van der Waals surface area contributed by atoms with Crippen LogP contribution in [-0.2, 0) is 13.0 Å². The summed E-state index contributed by atoms with van der Waals surface area (Å²) in [6.07, 6.45) is 3.76. The molecule has 0 aliphatic heterocycles. The first-order chi connectivity index (χ1) is 15.0. The third-order valence-corrected chi connectivity index (χ3v) is 5.49. The van der Waals surface area contributed by atoms with E-state index in [4.69, 9.17) is 16.0 Å². The van der Waals surface area contributed by atoms with E-state index in [0.29, 0.717) is 41.4 Å². The maximum Gasteiger partial charge on any atom is 0.289 e. The average Bonchev–Trinajstić information content (AvgIpc) is 3.14. The summed E-state index contributed by atoms with van der Waals surface area (Å²) in [5.74, 6) is 0.253. The molecule has 0 spiro atoms. The van der Waals surface area contributed by atoms with Crippen molar-refractivity contribution in [1.29, 1.82) is 0 Å². The topological polar surface area (TPSA) is 96.6 Å².